The predicted molar refractivity (Wildman–Crippen MR) is 70.1 cm³/mol. The van der Waals surface area contributed by atoms with Crippen molar-refractivity contribution in [3.63, 3.8) is 0 Å². The first kappa shape index (κ1) is 14.5. The van der Waals surface area contributed by atoms with E-state index in [1.54, 1.807) is 6.92 Å². The highest BCUT2D eigenvalue weighted by atomic mass is 16.6. The maximum Gasteiger partial charge on any atom is 0.310 e. The van der Waals surface area contributed by atoms with E-state index >= 15 is 0 Å². The van der Waals surface area contributed by atoms with Crippen molar-refractivity contribution in [2.45, 2.75) is 6.92 Å². The number of methoxy groups -OCH3 is 1. The van der Waals surface area contributed by atoms with Crippen molar-refractivity contribution in [1.29, 1.82) is 0 Å². The van der Waals surface area contributed by atoms with E-state index in [1.807, 2.05) is 0 Å². The molecular formula is C13H14N2O4. The number of carbonyl (C=O) groups is 1. The third-order valence-electron chi connectivity index (χ3n) is 2.57. The smallest absolute Gasteiger partial charge is 0.310 e. The van der Waals surface area contributed by atoms with Gasteiger partial charge in [-0.1, -0.05) is 5.92 Å². The number of nitro groups is 1. The number of terminal acetylenes is 1. The van der Waals surface area contributed by atoms with Crippen molar-refractivity contribution >= 4 is 11.6 Å². The molecule has 0 saturated carbocycles. The van der Waals surface area contributed by atoms with Crippen LogP contribution in [-0.2, 0) is 0 Å². The SMILES string of the molecule is C#CCN(CC)C(=O)c1ccc([N+](=O)[O-])c(OC)c1. The molecule has 0 aromatic heterocycles. The van der Waals surface area contributed by atoms with Crippen molar-refractivity contribution in [3.05, 3.63) is 33.9 Å². The summed E-state index contributed by atoms with van der Waals surface area (Å²) in [6.45, 7) is 2.45. The normalized spacial score (nSPS) is 9.53. The topological polar surface area (TPSA) is 72.7 Å². The van der Waals surface area contributed by atoms with Gasteiger partial charge >= 0.3 is 5.69 Å². The molecule has 0 heterocycles. The molecule has 0 fully saturated rings. The molecule has 1 rings (SSSR count). The minimum atomic E-state index is -0.563. The van der Waals surface area contributed by atoms with E-state index in [0.717, 1.165) is 0 Å². The van der Waals surface area contributed by atoms with Crippen molar-refractivity contribution in [1.82, 2.24) is 4.90 Å². The van der Waals surface area contributed by atoms with Crippen LogP contribution in [0.25, 0.3) is 0 Å². The monoisotopic (exact) mass is 262 g/mol. The number of benzene rings is 1. The molecule has 0 spiro atoms. The second-order valence-corrected chi connectivity index (χ2v) is 3.67. The van der Waals surface area contributed by atoms with Crippen LogP contribution in [0.15, 0.2) is 18.2 Å². The van der Waals surface area contributed by atoms with Gasteiger partial charge in [0.2, 0.25) is 0 Å². The summed E-state index contributed by atoms with van der Waals surface area (Å²) in [5, 5.41) is 10.8. The average Bonchev–Trinajstić information content (AvgIpc) is 2.43. The molecule has 0 saturated heterocycles. The zero-order chi connectivity index (χ0) is 14.4. The second kappa shape index (κ2) is 6.40. The molecule has 19 heavy (non-hydrogen) atoms. The Balaban J connectivity index is 3.12. The van der Waals surface area contributed by atoms with Gasteiger partial charge in [-0.2, -0.15) is 0 Å². The molecule has 1 aromatic rings. The lowest BCUT2D eigenvalue weighted by atomic mass is 10.1. The Bertz CT molecular complexity index is 534. The number of nitro benzene ring substituents is 1. The Hall–Kier alpha value is -2.55. The third-order valence-corrected chi connectivity index (χ3v) is 2.57. The molecule has 6 nitrogen and oxygen atoms in total. The Morgan fingerprint density at radius 3 is 2.74 bits per heavy atom. The fourth-order valence-electron chi connectivity index (χ4n) is 1.58. The van der Waals surface area contributed by atoms with Crippen LogP contribution in [0.2, 0.25) is 0 Å². The van der Waals surface area contributed by atoms with Crippen LogP contribution >= 0.6 is 0 Å². The van der Waals surface area contributed by atoms with E-state index in [9.17, 15) is 14.9 Å². The number of hydrogen-bond donors (Lipinski definition) is 0. The van der Waals surface area contributed by atoms with E-state index in [-0.39, 0.29) is 23.9 Å². The zero-order valence-corrected chi connectivity index (χ0v) is 10.8. The highest BCUT2D eigenvalue weighted by Gasteiger charge is 2.19. The lowest BCUT2D eigenvalue weighted by molar-refractivity contribution is -0.385. The maximum absolute atomic E-state index is 12.1. The van der Waals surface area contributed by atoms with Gasteiger partial charge < -0.3 is 9.64 Å². The Kier molecular flexibility index (Phi) is 4.89. The number of nitrogens with zero attached hydrogens (tertiary/aromatic N) is 2. The van der Waals surface area contributed by atoms with Gasteiger partial charge in [-0.05, 0) is 13.0 Å². The molecule has 6 heteroatoms. The predicted octanol–water partition coefficient (Wildman–Crippen LogP) is 1.70. The maximum atomic E-state index is 12.1. The summed E-state index contributed by atoms with van der Waals surface area (Å²) in [6, 6.07) is 3.98. The number of amides is 1. The number of ether oxygens (including phenoxy) is 1. The fourth-order valence-corrected chi connectivity index (χ4v) is 1.58. The molecule has 0 unspecified atom stereocenters. The summed E-state index contributed by atoms with van der Waals surface area (Å²) in [5.41, 5.74) is 0.124. The fraction of sp³-hybridized carbons (Fsp3) is 0.308. The minimum absolute atomic E-state index is 0.0487. The lowest BCUT2D eigenvalue weighted by Gasteiger charge is -2.18. The summed E-state index contributed by atoms with van der Waals surface area (Å²) in [5.74, 6) is 2.16. The molecule has 0 N–H and O–H groups in total. The van der Waals surface area contributed by atoms with Crippen LogP contribution in [-0.4, -0.2) is 35.9 Å². The molecular weight excluding hydrogens is 248 g/mol. The summed E-state index contributed by atoms with van der Waals surface area (Å²) >= 11 is 0. The second-order valence-electron chi connectivity index (χ2n) is 3.67. The standard InChI is InChI=1S/C13H14N2O4/c1-4-8-14(5-2)13(16)10-6-7-11(15(17)18)12(9-10)19-3/h1,6-7,9H,5,8H2,2-3H3. The van der Waals surface area contributed by atoms with E-state index in [1.165, 1.54) is 30.2 Å². The lowest BCUT2D eigenvalue weighted by Crippen LogP contribution is -2.31. The Labute approximate surface area is 111 Å². The Morgan fingerprint density at radius 1 is 1.58 bits per heavy atom. The van der Waals surface area contributed by atoms with Crippen molar-refractivity contribution in [2.75, 3.05) is 20.2 Å². The van der Waals surface area contributed by atoms with Crippen LogP contribution < -0.4 is 4.74 Å². The van der Waals surface area contributed by atoms with Crippen LogP contribution in [0, 0.1) is 22.5 Å². The average molecular weight is 262 g/mol. The van der Waals surface area contributed by atoms with Gasteiger partial charge in [-0.15, -0.1) is 6.42 Å². The van der Waals surface area contributed by atoms with Crippen LogP contribution in [0.3, 0.4) is 0 Å². The molecule has 1 amide bonds. The highest BCUT2D eigenvalue weighted by Crippen LogP contribution is 2.27. The zero-order valence-electron chi connectivity index (χ0n) is 10.8. The van der Waals surface area contributed by atoms with Crippen LogP contribution in [0.5, 0.6) is 5.75 Å². The van der Waals surface area contributed by atoms with Gasteiger partial charge in [-0.3, -0.25) is 14.9 Å². The summed E-state index contributed by atoms with van der Waals surface area (Å²) < 4.78 is 4.92. The molecule has 1 aromatic carbocycles. The summed E-state index contributed by atoms with van der Waals surface area (Å²) in [6.07, 6.45) is 5.18. The van der Waals surface area contributed by atoms with Gasteiger partial charge in [0.15, 0.2) is 5.75 Å². The summed E-state index contributed by atoms with van der Waals surface area (Å²) in [7, 11) is 1.32. The number of rotatable bonds is 5. The van der Waals surface area contributed by atoms with Gasteiger partial charge in [0.05, 0.1) is 18.6 Å². The molecule has 0 atom stereocenters. The molecule has 0 radical (unpaired) electrons. The van der Waals surface area contributed by atoms with Gasteiger partial charge in [0.25, 0.3) is 5.91 Å². The largest absolute Gasteiger partial charge is 0.490 e. The van der Waals surface area contributed by atoms with E-state index < -0.39 is 4.92 Å². The van der Waals surface area contributed by atoms with Gasteiger partial charge in [0, 0.05) is 24.2 Å². The molecule has 0 aliphatic rings. The highest BCUT2D eigenvalue weighted by molar-refractivity contribution is 5.95. The van der Waals surface area contributed by atoms with E-state index in [4.69, 9.17) is 11.2 Å². The number of carbonyl (C=O) groups excluding carboxylic acids is 1. The van der Waals surface area contributed by atoms with E-state index in [0.29, 0.717) is 12.1 Å². The first-order valence-electron chi connectivity index (χ1n) is 5.60. The summed E-state index contributed by atoms with van der Waals surface area (Å²) in [4.78, 5) is 23.8. The van der Waals surface area contributed by atoms with Crippen molar-refractivity contribution in [2.24, 2.45) is 0 Å². The molecule has 0 bridgehead atoms. The molecule has 0 aliphatic heterocycles. The van der Waals surface area contributed by atoms with Crippen LogP contribution in [0.1, 0.15) is 17.3 Å². The quantitative estimate of drug-likeness (QED) is 0.460. The van der Waals surface area contributed by atoms with Gasteiger partial charge in [0.1, 0.15) is 0 Å². The number of hydrogen-bond acceptors (Lipinski definition) is 4. The first-order valence-corrected chi connectivity index (χ1v) is 5.60. The molecule has 0 aliphatic carbocycles. The first-order chi connectivity index (χ1) is 9.04. The Morgan fingerprint density at radius 2 is 2.26 bits per heavy atom. The van der Waals surface area contributed by atoms with Gasteiger partial charge in [-0.25, -0.2) is 0 Å². The molecule has 100 valence electrons. The minimum Gasteiger partial charge on any atom is -0.490 e. The van der Waals surface area contributed by atoms with E-state index in [2.05, 4.69) is 5.92 Å². The third kappa shape index (κ3) is 3.22. The van der Waals surface area contributed by atoms with Crippen LogP contribution in [0.4, 0.5) is 5.69 Å². The van der Waals surface area contributed by atoms with Crippen molar-refractivity contribution in [3.8, 4) is 18.1 Å². The van der Waals surface area contributed by atoms with Crippen molar-refractivity contribution < 1.29 is 14.5 Å².